The van der Waals surface area contributed by atoms with E-state index in [4.69, 9.17) is 14.2 Å². The lowest BCUT2D eigenvalue weighted by molar-refractivity contribution is -0.889. The highest BCUT2D eigenvalue weighted by molar-refractivity contribution is 5.70. The Hall–Kier alpha value is -2.97. The van der Waals surface area contributed by atoms with Gasteiger partial charge in [0.15, 0.2) is 6.10 Å². The van der Waals surface area contributed by atoms with Crippen LogP contribution >= 0.6 is 0 Å². The highest BCUT2D eigenvalue weighted by Crippen LogP contribution is 2.15. The van der Waals surface area contributed by atoms with Crippen LogP contribution < -0.4 is 5.11 Å². The zero-order valence-corrected chi connectivity index (χ0v) is 37.9. The summed E-state index contributed by atoms with van der Waals surface area (Å²) in [6.07, 6.45) is 49.7. The average Bonchev–Trinajstić information content (AvgIpc) is 3.18. The Labute approximate surface area is 356 Å². The molecule has 0 saturated carbocycles. The second kappa shape index (κ2) is 40.8. The third kappa shape index (κ3) is 38.5. The first-order valence-electron chi connectivity index (χ1n) is 23.3. The molecule has 0 aromatic heterocycles. The number of quaternary nitrogens is 1. The summed E-state index contributed by atoms with van der Waals surface area (Å²) in [7, 11) is 5.40. The molecule has 0 rings (SSSR count). The number of aliphatic carboxylic acids is 1. The van der Waals surface area contributed by atoms with E-state index in [0.717, 1.165) is 70.6 Å². The summed E-state index contributed by atoms with van der Waals surface area (Å²) in [5.41, 5.74) is 0. The van der Waals surface area contributed by atoms with Crippen LogP contribution in [0.15, 0.2) is 60.8 Å². The fourth-order valence-electron chi connectivity index (χ4n) is 6.53. The van der Waals surface area contributed by atoms with Gasteiger partial charge in [-0.3, -0.25) is 9.59 Å². The molecule has 2 unspecified atom stereocenters. The second-order valence-electron chi connectivity index (χ2n) is 16.6. The molecule has 58 heavy (non-hydrogen) atoms. The summed E-state index contributed by atoms with van der Waals surface area (Å²) in [5.74, 6) is -1.77. The topological polar surface area (TPSA) is 102 Å². The monoisotopic (exact) mass is 814 g/mol. The highest BCUT2D eigenvalue weighted by Gasteiger charge is 2.25. The molecule has 0 aliphatic heterocycles. The van der Waals surface area contributed by atoms with Gasteiger partial charge in [0.05, 0.1) is 40.3 Å². The third-order valence-electron chi connectivity index (χ3n) is 10.2. The van der Waals surface area contributed by atoms with Crippen molar-refractivity contribution in [3.63, 3.8) is 0 Å². The van der Waals surface area contributed by atoms with Crippen LogP contribution in [0, 0.1) is 0 Å². The molecule has 0 aromatic rings. The van der Waals surface area contributed by atoms with Crippen molar-refractivity contribution >= 4 is 17.9 Å². The lowest BCUT2D eigenvalue weighted by atomic mass is 10.0. The summed E-state index contributed by atoms with van der Waals surface area (Å²) in [6.45, 7) is 4.47. The second-order valence-corrected chi connectivity index (χ2v) is 16.6. The van der Waals surface area contributed by atoms with E-state index in [9.17, 15) is 19.5 Å². The molecule has 0 aliphatic carbocycles. The predicted molar refractivity (Wildman–Crippen MR) is 240 cm³/mol. The molecule has 8 heteroatoms. The summed E-state index contributed by atoms with van der Waals surface area (Å²) in [4.78, 5) is 36.8. The van der Waals surface area contributed by atoms with Crippen LogP contribution in [-0.2, 0) is 28.6 Å². The zero-order chi connectivity index (χ0) is 42.8. The van der Waals surface area contributed by atoms with E-state index in [1.165, 1.54) is 83.5 Å². The van der Waals surface area contributed by atoms with E-state index in [-0.39, 0.29) is 42.7 Å². The third-order valence-corrected chi connectivity index (χ3v) is 10.2. The molecule has 0 N–H and O–H groups in total. The number of unbranched alkanes of at least 4 members (excludes halogenated alkanes) is 18. The van der Waals surface area contributed by atoms with Crippen molar-refractivity contribution in [1.29, 1.82) is 0 Å². The Kier molecular flexibility index (Phi) is 38.7. The number of carboxylic acids is 1. The number of nitrogens with zero attached hydrogens (tertiary/aromatic N) is 1. The van der Waals surface area contributed by atoms with E-state index in [2.05, 4.69) is 74.6 Å². The number of esters is 2. The Balaban J connectivity index is 4.23. The van der Waals surface area contributed by atoms with Crippen molar-refractivity contribution in [3.8, 4) is 0 Å². The van der Waals surface area contributed by atoms with Crippen molar-refractivity contribution in [2.24, 2.45) is 0 Å². The van der Waals surface area contributed by atoms with Crippen LogP contribution in [0.4, 0.5) is 0 Å². The molecule has 2 atom stereocenters. The molecule has 0 heterocycles. The van der Waals surface area contributed by atoms with Crippen LogP contribution in [0.25, 0.3) is 0 Å². The minimum atomic E-state index is -1.13. The van der Waals surface area contributed by atoms with Gasteiger partial charge in [0.2, 0.25) is 0 Å². The molecular formula is C50H87NO7. The van der Waals surface area contributed by atoms with Crippen LogP contribution in [0.3, 0.4) is 0 Å². The van der Waals surface area contributed by atoms with Crippen LogP contribution in [0.5, 0.6) is 0 Å². The fraction of sp³-hybridized carbons (Fsp3) is 0.740. The maximum atomic E-state index is 12.7. The van der Waals surface area contributed by atoms with E-state index in [0.29, 0.717) is 12.8 Å². The molecule has 0 radical (unpaired) electrons. The summed E-state index contributed by atoms with van der Waals surface area (Å²) >= 11 is 0. The summed E-state index contributed by atoms with van der Waals surface area (Å²) in [5, 5.41) is 11.6. The summed E-state index contributed by atoms with van der Waals surface area (Å²) in [6, 6.07) is -0.731. The lowest BCUT2D eigenvalue weighted by Gasteiger charge is -2.34. The number of carbonyl (C=O) groups excluding carboxylic acids is 3. The van der Waals surface area contributed by atoms with E-state index in [1.807, 2.05) is 0 Å². The van der Waals surface area contributed by atoms with Gasteiger partial charge in [-0.2, -0.15) is 0 Å². The van der Waals surface area contributed by atoms with Gasteiger partial charge in [-0.05, 0) is 64.2 Å². The number of carboxylic acid groups (broad SMARTS) is 1. The van der Waals surface area contributed by atoms with Gasteiger partial charge in [0.25, 0.3) is 0 Å². The predicted octanol–water partition coefficient (Wildman–Crippen LogP) is 11.6. The normalized spacial score (nSPS) is 13.5. The number of rotatable bonds is 41. The first kappa shape index (κ1) is 55.0. The van der Waals surface area contributed by atoms with Gasteiger partial charge in [-0.25, -0.2) is 0 Å². The molecule has 0 fully saturated rings. The quantitative estimate of drug-likeness (QED) is 0.0199. The van der Waals surface area contributed by atoms with Gasteiger partial charge in [0.1, 0.15) is 12.6 Å². The van der Waals surface area contributed by atoms with Crippen molar-refractivity contribution < 1.29 is 38.2 Å². The molecule has 334 valence electrons. The largest absolute Gasteiger partial charge is 0.544 e. The first-order valence-corrected chi connectivity index (χ1v) is 23.3. The van der Waals surface area contributed by atoms with Gasteiger partial charge >= 0.3 is 11.9 Å². The first-order chi connectivity index (χ1) is 28.1. The van der Waals surface area contributed by atoms with Gasteiger partial charge in [-0.1, -0.05) is 164 Å². The van der Waals surface area contributed by atoms with Crippen molar-refractivity contribution in [2.45, 2.75) is 199 Å². The number of ether oxygens (including phenoxy) is 3. The van der Waals surface area contributed by atoms with E-state index >= 15 is 0 Å². The molecule has 8 nitrogen and oxygen atoms in total. The molecule has 0 amide bonds. The van der Waals surface area contributed by atoms with Crippen LogP contribution in [-0.4, -0.2) is 75.5 Å². The van der Waals surface area contributed by atoms with Crippen molar-refractivity contribution in [1.82, 2.24) is 0 Å². The minimum absolute atomic E-state index is 0.0306. The molecule has 0 aromatic carbocycles. The van der Waals surface area contributed by atoms with Gasteiger partial charge in [-0.15, -0.1) is 0 Å². The Morgan fingerprint density at radius 2 is 1.02 bits per heavy atom. The molecular weight excluding hydrogens is 727 g/mol. The summed E-state index contributed by atoms with van der Waals surface area (Å²) < 4.78 is 17.1. The number of carbonyl (C=O) groups is 3. The lowest BCUT2D eigenvalue weighted by Crippen LogP contribution is -2.55. The smallest absolute Gasteiger partial charge is 0.306 e. The van der Waals surface area contributed by atoms with Crippen molar-refractivity contribution in [3.05, 3.63) is 60.8 Å². The average molecular weight is 814 g/mol. The highest BCUT2D eigenvalue weighted by atomic mass is 16.6. The van der Waals surface area contributed by atoms with Gasteiger partial charge < -0.3 is 28.6 Å². The minimum Gasteiger partial charge on any atom is -0.544 e. The molecule has 0 aliphatic rings. The Morgan fingerprint density at radius 1 is 0.552 bits per heavy atom. The maximum absolute atomic E-state index is 12.7. The number of hydrogen-bond acceptors (Lipinski definition) is 7. The Morgan fingerprint density at radius 3 is 1.55 bits per heavy atom. The van der Waals surface area contributed by atoms with Gasteiger partial charge in [0, 0.05) is 19.3 Å². The number of hydrogen-bond donors (Lipinski definition) is 0. The van der Waals surface area contributed by atoms with E-state index in [1.54, 1.807) is 21.1 Å². The van der Waals surface area contributed by atoms with E-state index < -0.39 is 18.1 Å². The fourth-order valence-corrected chi connectivity index (χ4v) is 6.53. The maximum Gasteiger partial charge on any atom is 0.306 e. The van der Waals surface area contributed by atoms with Crippen LogP contribution in [0.1, 0.15) is 187 Å². The zero-order valence-electron chi connectivity index (χ0n) is 37.9. The van der Waals surface area contributed by atoms with Crippen molar-refractivity contribution in [2.75, 3.05) is 41.0 Å². The molecule has 0 spiro atoms. The molecule has 0 saturated heterocycles. The Bertz CT molecular complexity index is 1130. The SMILES string of the molecule is CC/C=C/C/C=C/C/C=C/CCCCCCCCCCCCCCCC(=O)OC(COCCC(C(=O)[O-])[N+](C)(C)C)COC(=O)CCCCC/C=C/C=C/CCCC. The number of likely N-dealkylation sites (N-methyl/N-ethyl adjacent to an activating group) is 1. The molecule has 0 bridgehead atoms. The standard InChI is InChI=1S/C50H87NO7/c1-6-8-10-12-14-16-18-19-20-21-22-23-24-25-26-27-28-29-31-33-35-37-39-41-49(53)58-46(44-56-43-42-47(50(54)55)51(3,4)5)45-57-48(52)40-38-36-34-32-30-17-15-13-11-9-7-2/h8,10,13-17,19-20,30,46-47H,6-7,9,11-12,18,21-29,31-45H2,1-5H3/b10-8+,15-13+,16-14+,20-19+,30-17+. The number of allylic oxidation sites excluding steroid dienone is 10. The van der Waals surface area contributed by atoms with Crippen LogP contribution in [0.2, 0.25) is 0 Å².